The van der Waals surface area contributed by atoms with Crippen LogP contribution in [0.1, 0.15) is 11.4 Å². The summed E-state index contributed by atoms with van der Waals surface area (Å²) in [6.07, 6.45) is 1.97. The molecule has 98 valence electrons. The molecule has 20 heavy (non-hydrogen) atoms. The number of para-hydroxylation sites is 2. The molecule has 0 atom stereocenters. The second-order valence-corrected chi connectivity index (χ2v) is 4.81. The van der Waals surface area contributed by atoms with Crippen LogP contribution in [0, 0.1) is 11.3 Å². The Kier molecular flexibility index (Phi) is 3.36. The highest BCUT2D eigenvalue weighted by atomic mass is 35.5. The molecule has 0 spiro atoms. The molecule has 0 amide bonds. The van der Waals surface area contributed by atoms with Crippen molar-refractivity contribution in [1.29, 1.82) is 5.26 Å². The van der Waals surface area contributed by atoms with E-state index >= 15 is 0 Å². The summed E-state index contributed by atoms with van der Waals surface area (Å²) in [5.41, 5.74) is 2.95. The Morgan fingerprint density at radius 2 is 2.10 bits per heavy atom. The fourth-order valence-electron chi connectivity index (χ4n) is 2.23. The van der Waals surface area contributed by atoms with Gasteiger partial charge in [-0.3, -0.25) is 0 Å². The summed E-state index contributed by atoms with van der Waals surface area (Å²) in [6, 6.07) is 13.8. The summed E-state index contributed by atoms with van der Waals surface area (Å²) in [5, 5.41) is 9.41. The molecule has 0 aliphatic carbocycles. The fraction of sp³-hybridized carbons (Fsp3) is 0.133. The first-order valence-corrected chi connectivity index (χ1v) is 6.57. The van der Waals surface area contributed by atoms with Gasteiger partial charge in [0.05, 0.1) is 23.5 Å². The average molecular weight is 283 g/mol. The van der Waals surface area contributed by atoms with Crippen LogP contribution in [-0.2, 0) is 13.0 Å². The maximum atomic E-state index is 8.95. The minimum Gasteiger partial charge on any atom is -0.323 e. The van der Waals surface area contributed by atoms with Gasteiger partial charge in [0.15, 0.2) is 0 Å². The molecule has 5 heteroatoms. The summed E-state index contributed by atoms with van der Waals surface area (Å²) >= 11 is 5.92. The summed E-state index contributed by atoms with van der Waals surface area (Å²) in [6.45, 7) is 0.625. The quantitative estimate of drug-likeness (QED) is 0.693. The van der Waals surface area contributed by atoms with Crippen molar-refractivity contribution in [2.45, 2.75) is 13.0 Å². The third-order valence-electron chi connectivity index (χ3n) is 3.10. The zero-order chi connectivity index (χ0) is 13.9. The summed E-state index contributed by atoms with van der Waals surface area (Å²) in [7, 11) is 0. The maximum Gasteiger partial charge on any atom is 0.129 e. The molecule has 2 aromatic heterocycles. The number of aromatic nitrogens is 3. The van der Waals surface area contributed by atoms with Crippen LogP contribution in [-0.4, -0.2) is 14.5 Å². The van der Waals surface area contributed by atoms with Gasteiger partial charge in [-0.2, -0.15) is 5.26 Å². The van der Waals surface area contributed by atoms with Gasteiger partial charge in [0.2, 0.25) is 0 Å². The van der Waals surface area contributed by atoms with Gasteiger partial charge in [-0.15, -0.1) is 0 Å². The van der Waals surface area contributed by atoms with E-state index in [0.717, 1.165) is 22.4 Å². The van der Waals surface area contributed by atoms with Crippen molar-refractivity contribution >= 4 is 22.6 Å². The highest BCUT2D eigenvalue weighted by molar-refractivity contribution is 6.29. The topological polar surface area (TPSA) is 54.5 Å². The molecule has 0 fully saturated rings. The number of hydrogen-bond donors (Lipinski definition) is 0. The van der Waals surface area contributed by atoms with E-state index in [1.807, 2.05) is 41.0 Å². The number of benzene rings is 1. The predicted octanol–water partition coefficient (Wildman–Crippen LogP) is 3.20. The van der Waals surface area contributed by atoms with Gasteiger partial charge < -0.3 is 4.57 Å². The van der Waals surface area contributed by atoms with Crippen LogP contribution in [0.2, 0.25) is 5.15 Å². The molecular formula is C15H11ClN4. The van der Waals surface area contributed by atoms with Crippen molar-refractivity contribution in [2.75, 3.05) is 0 Å². The first-order valence-electron chi connectivity index (χ1n) is 6.19. The molecule has 3 rings (SSSR count). The number of nitriles is 1. The lowest BCUT2D eigenvalue weighted by atomic mass is 10.2. The average Bonchev–Trinajstić information content (AvgIpc) is 2.78. The molecule has 2 heterocycles. The Labute approximate surface area is 121 Å². The van der Waals surface area contributed by atoms with Crippen LogP contribution in [0.3, 0.4) is 0 Å². The second-order valence-electron chi connectivity index (χ2n) is 4.42. The standard InChI is InChI=1S/C15H11ClN4/c16-14-9-11(6-8-18-14)10-20-13-4-2-1-3-12(13)19-15(20)5-7-17/h1-4,6,8-9H,5,10H2. The highest BCUT2D eigenvalue weighted by Gasteiger charge is 2.10. The second kappa shape index (κ2) is 5.32. The van der Waals surface area contributed by atoms with E-state index in [1.165, 1.54) is 0 Å². The summed E-state index contributed by atoms with van der Waals surface area (Å²) in [5.74, 6) is 0.765. The van der Waals surface area contributed by atoms with Crippen LogP contribution >= 0.6 is 11.6 Å². The zero-order valence-electron chi connectivity index (χ0n) is 10.6. The molecule has 4 nitrogen and oxygen atoms in total. The SMILES string of the molecule is N#CCc1nc2ccccc2n1Cc1ccnc(Cl)c1. The predicted molar refractivity (Wildman–Crippen MR) is 77.4 cm³/mol. The van der Waals surface area contributed by atoms with Gasteiger partial charge >= 0.3 is 0 Å². The van der Waals surface area contributed by atoms with Crippen molar-refractivity contribution in [1.82, 2.24) is 14.5 Å². The number of imidazole rings is 1. The lowest BCUT2D eigenvalue weighted by molar-refractivity contribution is 0.768. The molecule has 0 aliphatic rings. The van der Waals surface area contributed by atoms with Gasteiger partial charge in [-0.05, 0) is 29.8 Å². The number of pyridine rings is 1. The monoisotopic (exact) mass is 282 g/mol. The Morgan fingerprint density at radius 3 is 2.90 bits per heavy atom. The molecule has 0 N–H and O–H groups in total. The lowest BCUT2D eigenvalue weighted by Crippen LogP contribution is -2.05. The number of hydrogen-bond acceptors (Lipinski definition) is 3. The van der Waals surface area contributed by atoms with Crippen molar-refractivity contribution in [3.63, 3.8) is 0 Å². The van der Waals surface area contributed by atoms with E-state index in [2.05, 4.69) is 16.0 Å². The molecule has 1 aromatic carbocycles. The number of fused-ring (bicyclic) bond motifs is 1. The van der Waals surface area contributed by atoms with Crippen molar-refractivity contribution < 1.29 is 0 Å². The summed E-state index contributed by atoms with van der Waals surface area (Å²) in [4.78, 5) is 8.49. The van der Waals surface area contributed by atoms with Crippen molar-refractivity contribution in [3.8, 4) is 6.07 Å². The molecule has 0 saturated heterocycles. The number of nitrogens with zero attached hydrogens (tertiary/aromatic N) is 4. The molecule has 0 unspecified atom stereocenters. The van der Waals surface area contributed by atoms with E-state index in [0.29, 0.717) is 11.7 Å². The van der Waals surface area contributed by atoms with Gasteiger partial charge in [0.25, 0.3) is 0 Å². The van der Waals surface area contributed by atoms with Crippen LogP contribution in [0.25, 0.3) is 11.0 Å². The highest BCUT2D eigenvalue weighted by Crippen LogP contribution is 2.19. The zero-order valence-corrected chi connectivity index (χ0v) is 11.4. The largest absolute Gasteiger partial charge is 0.323 e. The van der Waals surface area contributed by atoms with Gasteiger partial charge in [0, 0.05) is 12.7 Å². The minimum atomic E-state index is 0.285. The van der Waals surface area contributed by atoms with E-state index < -0.39 is 0 Å². The van der Waals surface area contributed by atoms with Crippen LogP contribution < -0.4 is 0 Å². The van der Waals surface area contributed by atoms with Crippen molar-refractivity contribution in [3.05, 3.63) is 59.1 Å². The summed E-state index contributed by atoms with van der Waals surface area (Å²) < 4.78 is 2.05. The Bertz CT molecular complexity index is 801. The first-order chi connectivity index (χ1) is 9.78. The van der Waals surface area contributed by atoms with Crippen LogP contribution in [0.15, 0.2) is 42.6 Å². The molecular weight excluding hydrogens is 272 g/mol. The Balaban J connectivity index is 2.09. The van der Waals surface area contributed by atoms with E-state index in [-0.39, 0.29) is 6.42 Å². The number of rotatable bonds is 3. The molecule has 0 bridgehead atoms. The third-order valence-corrected chi connectivity index (χ3v) is 3.31. The van der Waals surface area contributed by atoms with Crippen LogP contribution in [0.5, 0.6) is 0 Å². The van der Waals surface area contributed by atoms with E-state index in [9.17, 15) is 0 Å². The lowest BCUT2D eigenvalue weighted by Gasteiger charge is -2.07. The third kappa shape index (κ3) is 2.36. The molecule has 3 aromatic rings. The first kappa shape index (κ1) is 12.6. The van der Waals surface area contributed by atoms with Gasteiger partial charge in [0.1, 0.15) is 11.0 Å². The van der Waals surface area contributed by atoms with Gasteiger partial charge in [-0.25, -0.2) is 9.97 Å². The van der Waals surface area contributed by atoms with Gasteiger partial charge in [-0.1, -0.05) is 23.7 Å². The molecule has 0 radical (unpaired) electrons. The Morgan fingerprint density at radius 1 is 1.25 bits per heavy atom. The smallest absolute Gasteiger partial charge is 0.129 e. The number of halogens is 1. The van der Waals surface area contributed by atoms with Crippen LogP contribution in [0.4, 0.5) is 0 Å². The molecule has 0 saturated carbocycles. The van der Waals surface area contributed by atoms with Crippen molar-refractivity contribution in [2.24, 2.45) is 0 Å². The molecule has 0 aliphatic heterocycles. The van der Waals surface area contributed by atoms with E-state index in [4.69, 9.17) is 16.9 Å². The Hall–Kier alpha value is -2.38. The normalized spacial score (nSPS) is 10.6. The minimum absolute atomic E-state index is 0.285. The maximum absolute atomic E-state index is 8.95. The fourth-order valence-corrected chi connectivity index (χ4v) is 2.43. The van der Waals surface area contributed by atoms with E-state index in [1.54, 1.807) is 6.20 Å².